The number of hydrogen-bond acceptors (Lipinski definition) is 4. The van der Waals surface area contributed by atoms with Crippen molar-refractivity contribution in [2.75, 3.05) is 0 Å². The quantitative estimate of drug-likeness (QED) is 0.698. The standard InChI is InChI=1S/C10H12O6/c1-4(11)5-2-7(12)6(3-8(13)14)9(5)10(15)16/h5-6,9H,2-3H2,1H3,(H,13,14)(H,15,16)/t5-,6-,9-/m1/s1. The topological polar surface area (TPSA) is 109 Å². The minimum atomic E-state index is -1.28. The van der Waals surface area contributed by atoms with Gasteiger partial charge in [0, 0.05) is 18.3 Å². The molecule has 0 heterocycles. The van der Waals surface area contributed by atoms with Gasteiger partial charge in [-0.3, -0.25) is 19.2 Å². The minimum absolute atomic E-state index is 0.162. The second kappa shape index (κ2) is 4.42. The van der Waals surface area contributed by atoms with Crippen molar-refractivity contribution >= 4 is 23.5 Å². The van der Waals surface area contributed by atoms with Crippen molar-refractivity contribution < 1.29 is 29.4 Å². The van der Waals surface area contributed by atoms with Crippen LogP contribution in [0.2, 0.25) is 0 Å². The highest BCUT2D eigenvalue weighted by Crippen LogP contribution is 2.37. The monoisotopic (exact) mass is 228 g/mol. The van der Waals surface area contributed by atoms with Crippen molar-refractivity contribution in [3.8, 4) is 0 Å². The summed E-state index contributed by atoms with van der Waals surface area (Å²) in [6.45, 7) is 1.22. The van der Waals surface area contributed by atoms with E-state index in [1.165, 1.54) is 6.92 Å². The first-order valence-corrected chi connectivity index (χ1v) is 4.82. The van der Waals surface area contributed by atoms with E-state index in [0.717, 1.165) is 0 Å². The van der Waals surface area contributed by atoms with E-state index in [1.54, 1.807) is 0 Å². The predicted octanol–water partition coefficient (Wildman–Crippen LogP) is -0.0439. The van der Waals surface area contributed by atoms with E-state index in [2.05, 4.69) is 0 Å². The Kier molecular flexibility index (Phi) is 3.41. The number of carbonyl (C=O) groups excluding carboxylic acids is 2. The van der Waals surface area contributed by atoms with E-state index in [4.69, 9.17) is 10.2 Å². The first-order chi connectivity index (χ1) is 7.34. The van der Waals surface area contributed by atoms with Gasteiger partial charge in [-0.1, -0.05) is 0 Å². The summed E-state index contributed by atoms with van der Waals surface area (Å²) >= 11 is 0. The number of aliphatic carboxylic acids is 2. The fourth-order valence-corrected chi connectivity index (χ4v) is 2.15. The van der Waals surface area contributed by atoms with Crippen LogP contribution >= 0.6 is 0 Å². The van der Waals surface area contributed by atoms with Crippen LogP contribution in [0, 0.1) is 17.8 Å². The highest BCUT2D eigenvalue weighted by Gasteiger charge is 2.49. The normalized spacial score (nSPS) is 29.1. The zero-order chi connectivity index (χ0) is 12.5. The highest BCUT2D eigenvalue weighted by molar-refractivity contribution is 5.99. The van der Waals surface area contributed by atoms with Gasteiger partial charge in [-0.05, 0) is 6.92 Å². The summed E-state index contributed by atoms with van der Waals surface area (Å²) < 4.78 is 0. The average molecular weight is 228 g/mol. The van der Waals surface area contributed by atoms with Crippen LogP contribution in [0.3, 0.4) is 0 Å². The van der Waals surface area contributed by atoms with Crippen molar-refractivity contribution in [3.63, 3.8) is 0 Å². The summed E-state index contributed by atoms with van der Waals surface area (Å²) in [6.07, 6.45) is -0.691. The first-order valence-electron chi connectivity index (χ1n) is 4.82. The average Bonchev–Trinajstić information content (AvgIpc) is 2.43. The Morgan fingerprint density at radius 2 is 1.88 bits per heavy atom. The van der Waals surface area contributed by atoms with Crippen molar-refractivity contribution in [2.45, 2.75) is 19.8 Å². The van der Waals surface area contributed by atoms with Crippen molar-refractivity contribution in [3.05, 3.63) is 0 Å². The molecule has 3 atom stereocenters. The lowest BCUT2D eigenvalue weighted by atomic mass is 9.85. The summed E-state index contributed by atoms with van der Waals surface area (Å²) in [5.74, 6) is -6.49. The number of carboxylic acid groups (broad SMARTS) is 2. The first kappa shape index (κ1) is 12.4. The molecule has 0 aromatic carbocycles. The third kappa shape index (κ3) is 2.26. The molecule has 0 amide bonds. The van der Waals surface area contributed by atoms with Gasteiger partial charge in [0.1, 0.15) is 11.6 Å². The van der Waals surface area contributed by atoms with E-state index in [9.17, 15) is 19.2 Å². The highest BCUT2D eigenvalue weighted by atomic mass is 16.4. The lowest BCUT2D eigenvalue weighted by Gasteiger charge is -2.16. The maximum atomic E-state index is 11.5. The van der Waals surface area contributed by atoms with Gasteiger partial charge in [-0.25, -0.2) is 0 Å². The molecule has 0 unspecified atom stereocenters. The van der Waals surface area contributed by atoms with E-state index < -0.39 is 41.9 Å². The van der Waals surface area contributed by atoms with Crippen LogP contribution in [0.25, 0.3) is 0 Å². The lowest BCUT2D eigenvalue weighted by Crippen LogP contribution is -2.30. The van der Waals surface area contributed by atoms with Gasteiger partial charge in [0.25, 0.3) is 0 Å². The number of carboxylic acids is 2. The molecule has 6 nitrogen and oxygen atoms in total. The van der Waals surface area contributed by atoms with E-state index >= 15 is 0 Å². The SMILES string of the molecule is CC(=O)[C@H]1CC(=O)[C@@H](CC(=O)O)[C@@H]1C(=O)O. The van der Waals surface area contributed by atoms with Crippen LogP contribution in [0.15, 0.2) is 0 Å². The maximum absolute atomic E-state index is 11.5. The molecule has 88 valence electrons. The fraction of sp³-hybridized carbons (Fsp3) is 0.600. The smallest absolute Gasteiger partial charge is 0.307 e. The largest absolute Gasteiger partial charge is 0.481 e. The Morgan fingerprint density at radius 1 is 1.31 bits per heavy atom. The molecule has 6 heteroatoms. The molecule has 1 aliphatic carbocycles. The zero-order valence-electron chi connectivity index (χ0n) is 8.67. The summed E-state index contributed by atoms with van der Waals surface area (Å²) in [7, 11) is 0. The molecule has 1 saturated carbocycles. The number of ketones is 2. The Bertz CT molecular complexity index is 358. The lowest BCUT2D eigenvalue weighted by molar-refractivity contribution is -0.149. The summed E-state index contributed by atoms with van der Waals surface area (Å²) in [4.78, 5) is 44.1. The molecule has 2 N–H and O–H groups in total. The molecular formula is C10H12O6. The van der Waals surface area contributed by atoms with Gasteiger partial charge in [0.2, 0.25) is 0 Å². The second-order valence-corrected chi connectivity index (χ2v) is 3.96. The Hall–Kier alpha value is -1.72. The fourth-order valence-electron chi connectivity index (χ4n) is 2.15. The van der Waals surface area contributed by atoms with Gasteiger partial charge < -0.3 is 10.2 Å². The molecule has 0 aliphatic heterocycles. The third-order valence-electron chi connectivity index (χ3n) is 2.90. The zero-order valence-corrected chi connectivity index (χ0v) is 8.67. The Balaban J connectivity index is 2.98. The molecule has 1 fully saturated rings. The number of carbonyl (C=O) groups is 4. The molecule has 0 spiro atoms. The van der Waals surface area contributed by atoms with Gasteiger partial charge in [-0.2, -0.15) is 0 Å². The van der Waals surface area contributed by atoms with Crippen LogP contribution in [0.1, 0.15) is 19.8 Å². The van der Waals surface area contributed by atoms with Crippen LogP contribution in [0.5, 0.6) is 0 Å². The Morgan fingerprint density at radius 3 is 2.25 bits per heavy atom. The van der Waals surface area contributed by atoms with E-state index in [1.807, 2.05) is 0 Å². The van der Waals surface area contributed by atoms with Gasteiger partial charge in [0.15, 0.2) is 0 Å². The molecule has 1 aliphatic rings. The van der Waals surface area contributed by atoms with Crippen LogP contribution in [0.4, 0.5) is 0 Å². The minimum Gasteiger partial charge on any atom is -0.481 e. The van der Waals surface area contributed by atoms with Crippen LogP contribution in [-0.4, -0.2) is 33.7 Å². The van der Waals surface area contributed by atoms with Crippen molar-refractivity contribution in [1.82, 2.24) is 0 Å². The molecule has 0 aromatic rings. The summed E-state index contributed by atoms with van der Waals surface area (Å²) in [5, 5.41) is 17.5. The van der Waals surface area contributed by atoms with Crippen molar-refractivity contribution in [2.24, 2.45) is 17.8 Å². The van der Waals surface area contributed by atoms with E-state index in [0.29, 0.717) is 0 Å². The van der Waals surface area contributed by atoms with Gasteiger partial charge >= 0.3 is 11.9 Å². The molecule has 0 saturated heterocycles. The van der Waals surface area contributed by atoms with Crippen LogP contribution in [-0.2, 0) is 19.2 Å². The predicted molar refractivity (Wildman–Crippen MR) is 50.7 cm³/mol. The molecule has 0 radical (unpaired) electrons. The summed E-state index contributed by atoms with van der Waals surface area (Å²) in [5.41, 5.74) is 0. The maximum Gasteiger partial charge on any atom is 0.307 e. The van der Waals surface area contributed by atoms with Gasteiger partial charge in [0.05, 0.1) is 12.3 Å². The van der Waals surface area contributed by atoms with Crippen LogP contribution < -0.4 is 0 Å². The Labute approximate surface area is 91.3 Å². The number of rotatable bonds is 4. The molecular weight excluding hydrogens is 216 g/mol. The van der Waals surface area contributed by atoms with Crippen molar-refractivity contribution in [1.29, 1.82) is 0 Å². The van der Waals surface area contributed by atoms with Gasteiger partial charge in [-0.15, -0.1) is 0 Å². The van der Waals surface area contributed by atoms with E-state index in [-0.39, 0.29) is 12.2 Å². The molecule has 1 rings (SSSR count). The molecule has 0 aromatic heterocycles. The third-order valence-corrected chi connectivity index (χ3v) is 2.90. The summed E-state index contributed by atoms with van der Waals surface area (Å²) in [6, 6.07) is 0. The number of Topliss-reactive ketones (excluding diaryl/α,β-unsaturated/α-hetero) is 2. The number of hydrogen-bond donors (Lipinski definition) is 2. The second-order valence-electron chi connectivity index (χ2n) is 3.96. The molecule has 16 heavy (non-hydrogen) atoms. The molecule has 0 bridgehead atoms.